The maximum absolute atomic E-state index is 13.3. The second-order valence-corrected chi connectivity index (χ2v) is 6.47. The molecule has 0 aliphatic carbocycles. The molecule has 0 aromatic heterocycles. The molecule has 0 saturated carbocycles. The molecule has 20 heavy (non-hydrogen) atoms. The zero-order chi connectivity index (χ0) is 14.5. The van der Waals surface area contributed by atoms with Crippen molar-refractivity contribution in [3.8, 4) is 0 Å². The third-order valence-corrected chi connectivity index (χ3v) is 4.90. The van der Waals surface area contributed by atoms with Gasteiger partial charge in [0.25, 0.3) is 0 Å². The molecule has 2 unspecified atom stereocenters. The summed E-state index contributed by atoms with van der Waals surface area (Å²) in [7, 11) is 0. The minimum absolute atomic E-state index is 0.0653. The van der Waals surface area contributed by atoms with Gasteiger partial charge >= 0.3 is 0 Å². The fraction of sp³-hybridized carbons (Fsp3) is 0.294. The van der Waals surface area contributed by atoms with Crippen molar-refractivity contribution in [2.45, 2.75) is 30.0 Å². The Bertz CT molecular complexity index is 542. The monoisotopic (exact) mass is 289 g/mol. The molecule has 2 aromatic carbocycles. The molecule has 0 spiro atoms. The largest absolute Gasteiger partial charge is 0.323 e. The highest BCUT2D eigenvalue weighted by Gasteiger charge is 2.24. The van der Waals surface area contributed by atoms with Gasteiger partial charge in [-0.15, -0.1) is 11.8 Å². The van der Waals surface area contributed by atoms with E-state index in [1.165, 1.54) is 6.07 Å². The van der Waals surface area contributed by atoms with Gasteiger partial charge in [-0.05, 0) is 29.7 Å². The molecule has 0 bridgehead atoms. The van der Waals surface area contributed by atoms with Crippen LogP contribution in [0.4, 0.5) is 4.39 Å². The van der Waals surface area contributed by atoms with Crippen molar-refractivity contribution in [3.63, 3.8) is 0 Å². The Morgan fingerprint density at radius 3 is 2.30 bits per heavy atom. The summed E-state index contributed by atoms with van der Waals surface area (Å²) in [5.74, 6) is 0.198. The predicted molar refractivity (Wildman–Crippen MR) is 84.3 cm³/mol. The summed E-state index contributed by atoms with van der Waals surface area (Å²) >= 11 is 1.65. The Morgan fingerprint density at radius 1 is 1.00 bits per heavy atom. The van der Waals surface area contributed by atoms with Crippen molar-refractivity contribution in [1.82, 2.24) is 0 Å². The second kappa shape index (κ2) is 6.91. The van der Waals surface area contributed by atoms with E-state index in [0.717, 1.165) is 10.5 Å². The minimum atomic E-state index is -0.203. The van der Waals surface area contributed by atoms with Gasteiger partial charge in [-0.3, -0.25) is 0 Å². The van der Waals surface area contributed by atoms with Gasteiger partial charge in [-0.25, -0.2) is 4.39 Å². The van der Waals surface area contributed by atoms with Gasteiger partial charge in [0, 0.05) is 16.2 Å². The molecule has 0 aliphatic rings. The van der Waals surface area contributed by atoms with E-state index < -0.39 is 0 Å². The Hall–Kier alpha value is -1.32. The summed E-state index contributed by atoms with van der Waals surface area (Å²) in [6, 6.07) is 16.7. The topological polar surface area (TPSA) is 26.0 Å². The normalized spacial score (nSPS) is 14.2. The van der Waals surface area contributed by atoms with Crippen LogP contribution >= 0.6 is 11.8 Å². The highest BCUT2D eigenvalue weighted by atomic mass is 32.2. The lowest BCUT2D eigenvalue weighted by Gasteiger charge is -2.27. The molecule has 0 radical (unpaired) electrons. The standard InChI is InChI=1S/C17H20FNS/c1-12(2)17(16(19)13-7-4-3-5-8-13)20-15-10-6-9-14(18)11-15/h3-12,16-17H,19H2,1-2H3. The number of hydrogen-bond acceptors (Lipinski definition) is 2. The lowest BCUT2D eigenvalue weighted by molar-refractivity contribution is 0.527. The van der Waals surface area contributed by atoms with Crippen molar-refractivity contribution in [3.05, 3.63) is 66.0 Å². The maximum atomic E-state index is 13.3. The van der Waals surface area contributed by atoms with Crippen LogP contribution in [0.1, 0.15) is 25.5 Å². The lowest BCUT2D eigenvalue weighted by Crippen LogP contribution is -2.28. The molecule has 0 saturated heterocycles. The van der Waals surface area contributed by atoms with E-state index in [1.54, 1.807) is 23.9 Å². The van der Waals surface area contributed by atoms with Crippen LogP contribution in [0.15, 0.2) is 59.5 Å². The molecule has 2 rings (SSSR count). The Morgan fingerprint density at radius 2 is 1.70 bits per heavy atom. The minimum Gasteiger partial charge on any atom is -0.323 e. The predicted octanol–water partition coefficient (Wildman–Crippen LogP) is 4.64. The van der Waals surface area contributed by atoms with Crippen molar-refractivity contribution < 1.29 is 4.39 Å². The quantitative estimate of drug-likeness (QED) is 0.811. The zero-order valence-electron chi connectivity index (χ0n) is 11.8. The molecule has 2 N–H and O–H groups in total. The molecule has 2 aromatic rings. The molecule has 3 heteroatoms. The fourth-order valence-corrected chi connectivity index (χ4v) is 3.41. The van der Waals surface area contributed by atoms with Crippen LogP contribution in [0, 0.1) is 11.7 Å². The van der Waals surface area contributed by atoms with Crippen LogP contribution in [-0.2, 0) is 0 Å². The van der Waals surface area contributed by atoms with Crippen LogP contribution in [0.2, 0.25) is 0 Å². The zero-order valence-corrected chi connectivity index (χ0v) is 12.6. The first-order valence-electron chi connectivity index (χ1n) is 6.80. The molecule has 0 fully saturated rings. The first kappa shape index (κ1) is 15.1. The summed E-state index contributed by atoms with van der Waals surface area (Å²) in [6.45, 7) is 4.31. The summed E-state index contributed by atoms with van der Waals surface area (Å²) in [5, 5.41) is 0.208. The third-order valence-electron chi connectivity index (χ3n) is 3.26. The van der Waals surface area contributed by atoms with Gasteiger partial charge in [-0.2, -0.15) is 0 Å². The van der Waals surface area contributed by atoms with Gasteiger partial charge in [0.2, 0.25) is 0 Å². The lowest BCUT2D eigenvalue weighted by atomic mass is 9.97. The Balaban J connectivity index is 2.19. The van der Waals surface area contributed by atoms with Crippen molar-refractivity contribution in [1.29, 1.82) is 0 Å². The third kappa shape index (κ3) is 3.84. The number of halogens is 1. The summed E-state index contributed by atoms with van der Waals surface area (Å²) in [4.78, 5) is 0.926. The summed E-state index contributed by atoms with van der Waals surface area (Å²) in [5.41, 5.74) is 7.53. The van der Waals surface area contributed by atoms with Crippen molar-refractivity contribution in [2.75, 3.05) is 0 Å². The highest BCUT2D eigenvalue weighted by Crippen LogP contribution is 2.35. The van der Waals surface area contributed by atoms with Crippen LogP contribution in [0.3, 0.4) is 0 Å². The van der Waals surface area contributed by atoms with E-state index in [9.17, 15) is 4.39 Å². The molecule has 2 atom stereocenters. The van der Waals surface area contributed by atoms with E-state index in [1.807, 2.05) is 36.4 Å². The van der Waals surface area contributed by atoms with Crippen LogP contribution in [-0.4, -0.2) is 5.25 Å². The van der Waals surface area contributed by atoms with E-state index >= 15 is 0 Å². The van der Waals surface area contributed by atoms with Crippen molar-refractivity contribution in [2.24, 2.45) is 11.7 Å². The fourth-order valence-electron chi connectivity index (χ4n) is 2.19. The van der Waals surface area contributed by atoms with E-state index in [2.05, 4.69) is 13.8 Å². The van der Waals surface area contributed by atoms with Gasteiger partial charge in [0.15, 0.2) is 0 Å². The number of benzene rings is 2. The summed E-state index contributed by atoms with van der Waals surface area (Å²) in [6.07, 6.45) is 0. The van der Waals surface area contributed by atoms with Crippen molar-refractivity contribution >= 4 is 11.8 Å². The average molecular weight is 289 g/mol. The second-order valence-electron chi connectivity index (χ2n) is 5.22. The first-order valence-corrected chi connectivity index (χ1v) is 7.68. The molecule has 1 nitrogen and oxygen atoms in total. The SMILES string of the molecule is CC(C)C(Sc1cccc(F)c1)C(N)c1ccccc1. The van der Waals surface area contributed by atoms with E-state index in [0.29, 0.717) is 5.92 Å². The molecule has 0 aliphatic heterocycles. The number of nitrogens with two attached hydrogens (primary N) is 1. The van der Waals surface area contributed by atoms with E-state index in [4.69, 9.17) is 5.73 Å². The molecule has 0 amide bonds. The maximum Gasteiger partial charge on any atom is 0.124 e. The van der Waals surface area contributed by atoms with Gasteiger partial charge < -0.3 is 5.73 Å². The number of hydrogen-bond donors (Lipinski definition) is 1. The molecular weight excluding hydrogens is 269 g/mol. The van der Waals surface area contributed by atoms with Crippen LogP contribution < -0.4 is 5.73 Å². The van der Waals surface area contributed by atoms with Crippen LogP contribution in [0.5, 0.6) is 0 Å². The van der Waals surface area contributed by atoms with Gasteiger partial charge in [-0.1, -0.05) is 50.2 Å². The molecule has 0 heterocycles. The average Bonchev–Trinajstić information content (AvgIpc) is 2.45. The van der Waals surface area contributed by atoms with Gasteiger partial charge in [0.05, 0.1) is 0 Å². The Kier molecular flexibility index (Phi) is 5.21. The van der Waals surface area contributed by atoms with Gasteiger partial charge in [0.1, 0.15) is 5.82 Å². The first-order chi connectivity index (χ1) is 9.58. The number of thioether (sulfide) groups is 1. The smallest absolute Gasteiger partial charge is 0.124 e. The summed E-state index contributed by atoms with van der Waals surface area (Å²) < 4.78 is 13.3. The number of rotatable bonds is 5. The Labute approximate surface area is 124 Å². The van der Waals surface area contributed by atoms with Crippen LogP contribution in [0.25, 0.3) is 0 Å². The molecular formula is C17H20FNS. The molecule has 106 valence electrons. The van der Waals surface area contributed by atoms with E-state index in [-0.39, 0.29) is 17.1 Å². The highest BCUT2D eigenvalue weighted by molar-refractivity contribution is 8.00.